The molecule has 1 saturated heterocycles. The maximum absolute atomic E-state index is 13.4. The zero-order valence-electron chi connectivity index (χ0n) is 7.70. The second-order valence-corrected chi connectivity index (χ2v) is 4.52. The summed E-state index contributed by atoms with van der Waals surface area (Å²) in [5.74, 6) is -0.176. The van der Waals surface area contributed by atoms with Crippen molar-refractivity contribution in [2.24, 2.45) is 5.73 Å². The smallest absolute Gasteiger partial charge is 0.137 e. The van der Waals surface area contributed by atoms with Gasteiger partial charge in [0.15, 0.2) is 0 Å². The minimum absolute atomic E-state index is 0.176. The van der Waals surface area contributed by atoms with E-state index < -0.39 is 0 Å². The van der Waals surface area contributed by atoms with Gasteiger partial charge in [-0.2, -0.15) is 0 Å². The first-order valence-electron chi connectivity index (χ1n) is 4.53. The second kappa shape index (κ2) is 4.29. The van der Waals surface area contributed by atoms with Crippen LogP contribution in [0.2, 0.25) is 0 Å². The Labute approximate surface area is 86.6 Å². The predicted molar refractivity (Wildman–Crippen MR) is 54.8 cm³/mol. The van der Waals surface area contributed by atoms with Crippen molar-refractivity contribution in [1.82, 2.24) is 0 Å². The fourth-order valence-corrected chi connectivity index (χ4v) is 2.44. The van der Waals surface area contributed by atoms with Crippen LogP contribution in [0.3, 0.4) is 0 Å². The van der Waals surface area contributed by atoms with Gasteiger partial charge in [0, 0.05) is 11.4 Å². The minimum Gasteiger partial charge on any atom is -0.379 e. The molecule has 1 aromatic carbocycles. The average molecular weight is 213 g/mol. The summed E-state index contributed by atoms with van der Waals surface area (Å²) >= 11 is 1.53. The van der Waals surface area contributed by atoms with Crippen molar-refractivity contribution in [3.63, 3.8) is 0 Å². The first-order chi connectivity index (χ1) is 6.81. The van der Waals surface area contributed by atoms with Crippen molar-refractivity contribution in [3.8, 4) is 0 Å². The van der Waals surface area contributed by atoms with Gasteiger partial charge in [-0.1, -0.05) is 12.1 Å². The lowest BCUT2D eigenvalue weighted by atomic mass is 10.2. The van der Waals surface area contributed by atoms with Crippen LogP contribution in [0.5, 0.6) is 0 Å². The molecule has 0 radical (unpaired) electrons. The van der Waals surface area contributed by atoms with Gasteiger partial charge < -0.3 is 10.5 Å². The minimum atomic E-state index is -0.176. The Balaban J connectivity index is 2.19. The first kappa shape index (κ1) is 9.96. The van der Waals surface area contributed by atoms with E-state index in [1.807, 2.05) is 6.07 Å². The molecule has 0 amide bonds. The quantitative estimate of drug-likeness (QED) is 0.831. The summed E-state index contributed by atoms with van der Waals surface area (Å²) in [7, 11) is 0. The monoisotopic (exact) mass is 213 g/mol. The molecule has 0 saturated carbocycles. The summed E-state index contributed by atoms with van der Waals surface area (Å²) in [6, 6.07) is 5.03. The van der Waals surface area contributed by atoms with Gasteiger partial charge in [-0.05, 0) is 11.6 Å². The number of halogens is 1. The Morgan fingerprint density at radius 3 is 2.86 bits per heavy atom. The Bertz CT molecular complexity index is 328. The van der Waals surface area contributed by atoms with Gasteiger partial charge in [-0.3, -0.25) is 0 Å². The molecule has 2 nitrogen and oxygen atoms in total. The summed E-state index contributed by atoms with van der Waals surface area (Å²) < 4.78 is 18.5. The lowest BCUT2D eigenvalue weighted by Gasteiger charge is -2.26. The van der Waals surface area contributed by atoms with Crippen LogP contribution in [-0.2, 0) is 11.3 Å². The van der Waals surface area contributed by atoms with Crippen molar-refractivity contribution in [3.05, 3.63) is 29.6 Å². The third kappa shape index (κ3) is 1.92. The van der Waals surface area contributed by atoms with Crippen LogP contribution >= 0.6 is 11.8 Å². The number of hydrogen-bond donors (Lipinski definition) is 1. The van der Waals surface area contributed by atoms with E-state index in [2.05, 4.69) is 0 Å². The average Bonchev–Trinajstić information content (AvgIpc) is 2.12. The van der Waals surface area contributed by atoms with Gasteiger partial charge in [0.1, 0.15) is 5.82 Å². The summed E-state index contributed by atoms with van der Waals surface area (Å²) in [6.45, 7) is 1.81. The topological polar surface area (TPSA) is 35.2 Å². The lowest BCUT2D eigenvalue weighted by Crippen LogP contribution is -2.30. The number of rotatable bonds is 3. The summed E-state index contributed by atoms with van der Waals surface area (Å²) in [6.07, 6.45) is 0. The van der Waals surface area contributed by atoms with Crippen LogP contribution in [0.4, 0.5) is 4.39 Å². The zero-order chi connectivity index (χ0) is 9.97. The van der Waals surface area contributed by atoms with Gasteiger partial charge >= 0.3 is 0 Å². The molecule has 1 aliphatic heterocycles. The van der Waals surface area contributed by atoms with E-state index in [9.17, 15) is 4.39 Å². The molecule has 2 N–H and O–H groups in total. The van der Waals surface area contributed by atoms with Gasteiger partial charge in [0.05, 0.1) is 18.5 Å². The molecule has 1 aliphatic rings. The molecule has 0 unspecified atom stereocenters. The van der Waals surface area contributed by atoms with E-state index in [0.29, 0.717) is 29.9 Å². The summed E-state index contributed by atoms with van der Waals surface area (Å²) in [5, 5.41) is 0.386. The molecule has 14 heavy (non-hydrogen) atoms. The maximum atomic E-state index is 13.4. The molecule has 1 aromatic rings. The maximum Gasteiger partial charge on any atom is 0.137 e. The van der Waals surface area contributed by atoms with Crippen LogP contribution in [-0.4, -0.2) is 18.5 Å². The van der Waals surface area contributed by atoms with E-state index in [0.717, 1.165) is 5.56 Å². The number of benzene rings is 1. The van der Waals surface area contributed by atoms with Crippen LogP contribution in [0, 0.1) is 5.82 Å². The van der Waals surface area contributed by atoms with Gasteiger partial charge in [-0.15, -0.1) is 11.8 Å². The molecule has 0 bridgehead atoms. The van der Waals surface area contributed by atoms with E-state index in [1.54, 1.807) is 6.07 Å². The van der Waals surface area contributed by atoms with Crippen LogP contribution < -0.4 is 5.73 Å². The van der Waals surface area contributed by atoms with E-state index in [-0.39, 0.29) is 5.82 Å². The molecule has 0 atom stereocenters. The van der Waals surface area contributed by atoms with Crippen molar-refractivity contribution in [2.75, 3.05) is 13.2 Å². The Kier molecular flexibility index (Phi) is 3.05. The van der Waals surface area contributed by atoms with Crippen molar-refractivity contribution < 1.29 is 9.13 Å². The number of nitrogens with two attached hydrogens (primary N) is 1. The first-order valence-corrected chi connectivity index (χ1v) is 5.41. The third-order valence-electron chi connectivity index (χ3n) is 2.16. The standard InChI is InChI=1S/C10H12FNOS/c11-9-3-1-2-7(4-12)10(9)14-8-5-13-6-8/h1-3,8H,4-6,12H2. The molecular weight excluding hydrogens is 201 g/mol. The Hall–Kier alpha value is -0.580. The normalized spacial score (nSPS) is 16.7. The van der Waals surface area contributed by atoms with E-state index >= 15 is 0 Å². The number of ether oxygens (including phenoxy) is 1. The molecule has 4 heteroatoms. The second-order valence-electron chi connectivity index (χ2n) is 3.21. The molecule has 1 fully saturated rings. The SMILES string of the molecule is NCc1cccc(F)c1SC1COC1. The van der Waals surface area contributed by atoms with Crippen LogP contribution in [0.15, 0.2) is 23.1 Å². The van der Waals surface area contributed by atoms with Crippen molar-refractivity contribution in [1.29, 1.82) is 0 Å². The molecule has 2 rings (SSSR count). The highest BCUT2D eigenvalue weighted by Crippen LogP contribution is 2.32. The molecule has 0 aliphatic carbocycles. The van der Waals surface area contributed by atoms with Gasteiger partial charge in [-0.25, -0.2) is 4.39 Å². The van der Waals surface area contributed by atoms with Crippen molar-refractivity contribution in [2.45, 2.75) is 16.7 Å². The highest BCUT2D eigenvalue weighted by molar-refractivity contribution is 8.00. The fraction of sp³-hybridized carbons (Fsp3) is 0.400. The summed E-state index contributed by atoms with van der Waals surface area (Å²) in [5.41, 5.74) is 6.42. The molecule has 0 spiro atoms. The van der Waals surface area contributed by atoms with E-state index in [1.165, 1.54) is 17.8 Å². The number of thioether (sulfide) groups is 1. The largest absolute Gasteiger partial charge is 0.379 e. The van der Waals surface area contributed by atoms with Gasteiger partial charge in [0.2, 0.25) is 0 Å². The number of hydrogen-bond acceptors (Lipinski definition) is 3. The summed E-state index contributed by atoms with van der Waals surface area (Å²) in [4.78, 5) is 0.684. The Morgan fingerprint density at radius 2 is 2.29 bits per heavy atom. The molecule has 76 valence electrons. The van der Waals surface area contributed by atoms with Crippen LogP contribution in [0.25, 0.3) is 0 Å². The zero-order valence-corrected chi connectivity index (χ0v) is 8.52. The third-order valence-corrected chi connectivity index (χ3v) is 3.46. The van der Waals surface area contributed by atoms with Crippen molar-refractivity contribution >= 4 is 11.8 Å². The highest BCUT2D eigenvalue weighted by atomic mass is 32.2. The van der Waals surface area contributed by atoms with Gasteiger partial charge in [0.25, 0.3) is 0 Å². The Morgan fingerprint density at radius 1 is 1.50 bits per heavy atom. The van der Waals surface area contributed by atoms with Crippen LogP contribution in [0.1, 0.15) is 5.56 Å². The lowest BCUT2D eigenvalue weighted by molar-refractivity contribution is 0.0455. The highest BCUT2D eigenvalue weighted by Gasteiger charge is 2.22. The molecular formula is C10H12FNOS. The fourth-order valence-electron chi connectivity index (χ4n) is 1.30. The predicted octanol–water partition coefficient (Wildman–Crippen LogP) is 1.78. The van der Waals surface area contributed by atoms with E-state index in [4.69, 9.17) is 10.5 Å². The molecule has 0 aromatic heterocycles. The molecule has 1 heterocycles.